The first kappa shape index (κ1) is 16.9. The summed E-state index contributed by atoms with van der Waals surface area (Å²) in [6.45, 7) is 15.3. The smallest absolute Gasteiger partial charge is 0.0593 e. The van der Waals surface area contributed by atoms with E-state index in [4.69, 9.17) is 9.47 Å². The van der Waals surface area contributed by atoms with Crippen LogP contribution in [0.5, 0.6) is 0 Å². The van der Waals surface area contributed by atoms with Crippen molar-refractivity contribution in [2.45, 2.75) is 33.6 Å². The Morgan fingerprint density at radius 3 is 2.00 bits per heavy atom. The highest BCUT2D eigenvalue weighted by Crippen LogP contribution is 2.28. The van der Waals surface area contributed by atoms with Gasteiger partial charge in [-0.1, -0.05) is 6.92 Å². The van der Waals surface area contributed by atoms with Crippen LogP contribution in [0.2, 0.25) is 0 Å². The predicted octanol–water partition coefficient (Wildman–Crippen LogP) is 1.75. The molecule has 4 heteroatoms. The standard InChI is InChI=1S/C15H32N2O2/c1-4-18-12-10-17(11-13-19-5-2)14-15(3)6-8-16-9-7-15/h16H,4-14H2,1-3H3. The SMILES string of the molecule is CCOCCN(CCOCC)CC1(C)CCNCC1. The molecule has 1 rings (SSSR count). The topological polar surface area (TPSA) is 33.7 Å². The van der Waals surface area contributed by atoms with Gasteiger partial charge in [-0.2, -0.15) is 0 Å². The normalized spacial score (nSPS) is 18.9. The van der Waals surface area contributed by atoms with Crippen molar-refractivity contribution in [1.29, 1.82) is 0 Å². The van der Waals surface area contributed by atoms with E-state index in [2.05, 4.69) is 31.0 Å². The highest BCUT2D eigenvalue weighted by atomic mass is 16.5. The van der Waals surface area contributed by atoms with Crippen molar-refractivity contribution in [3.8, 4) is 0 Å². The van der Waals surface area contributed by atoms with Crippen LogP contribution in [0.3, 0.4) is 0 Å². The molecule has 0 unspecified atom stereocenters. The van der Waals surface area contributed by atoms with Crippen molar-refractivity contribution < 1.29 is 9.47 Å². The third-order valence-electron chi connectivity index (χ3n) is 3.93. The van der Waals surface area contributed by atoms with Crippen molar-refractivity contribution in [2.24, 2.45) is 5.41 Å². The van der Waals surface area contributed by atoms with Crippen LogP contribution in [-0.4, -0.2) is 64.1 Å². The molecule has 0 amide bonds. The molecule has 0 saturated carbocycles. The molecule has 1 saturated heterocycles. The maximum atomic E-state index is 5.50. The highest BCUT2D eigenvalue weighted by molar-refractivity contribution is 4.83. The van der Waals surface area contributed by atoms with Crippen LogP contribution in [0, 0.1) is 5.41 Å². The second kappa shape index (κ2) is 9.70. The van der Waals surface area contributed by atoms with Gasteiger partial charge in [0.15, 0.2) is 0 Å². The van der Waals surface area contributed by atoms with E-state index in [1.807, 2.05) is 0 Å². The number of hydrogen-bond acceptors (Lipinski definition) is 4. The summed E-state index contributed by atoms with van der Waals surface area (Å²) in [5.74, 6) is 0. The van der Waals surface area contributed by atoms with E-state index in [0.29, 0.717) is 5.41 Å². The van der Waals surface area contributed by atoms with E-state index in [0.717, 1.165) is 59.2 Å². The molecule has 1 aliphatic rings. The van der Waals surface area contributed by atoms with Crippen molar-refractivity contribution >= 4 is 0 Å². The largest absolute Gasteiger partial charge is 0.380 e. The first-order valence-corrected chi connectivity index (χ1v) is 7.79. The molecule has 1 N–H and O–H groups in total. The quantitative estimate of drug-likeness (QED) is 0.614. The van der Waals surface area contributed by atoms with Gasteiger partial charge in [0.05, 0.1) is 13.2 Å². The summed E-state index contributed by atoms with van der Waals surface area (Å²) in [6, 6.07) is 0. The van der Waals surface area contributed by atoms with Gasteiger partial charge >= 0.3 is 0 Å². The maximum Gasteiger partial charge on any atom is 0.0593 e. The number of nitrogens with zero attached hydrogens (tertiary/aromatic N) is 1. The third-order valence-corrected chi connectivity index (χ3v) is 3.93. The van der Waals surface area contributed by atoms with Gasteiger partial charge in [-0.05, 0) is 45.2 Å². The minimum atomic E-state index is 0.448. The van der Waals surface area contributed by atoms with Gasteiger partial charge < -0.3 is 14.8 Å². The second-order valence-electron chi connectivity index (χ2n) is 5.73. The summed E-state index contributed by atoms with van der Waals surface area (Å²) < 4.78 is 11.0. The van der Waals surface area contributed by atoms with Gasteiger partial charge in [0, 0.05) is 32.8 Å². The summed E-state index contributed by atoms with van der Waals surface area (Å²) in [5, 5.41) is 3.45. The lowest BCUT2D eigenvalue weighted by atomic mass is 9.80. The Balaban J connectivity index is 2.36. The molecule has 19 heavy (non-hydrogen) atoms. The molecule has 1 fully saturated rings. The van der Waals surface area contributed by atoms with Crippen LogP contribution < -0.4 is 5.32 Å². The lowest BCUT2D eigenvalue weighted by Crippen LogP contribution is -2.45. The van der Waals surface area contributed by atoms with Gasteiger partial charge in [0.2, 0.25) is 0 Å². The molecule has 4 nitrogen and oxygen atoms in total. The van der Waals surface area contributed by atoms with Crippen LogP contribution in [-0.2, 0) is 9.47 Å². The van der Waals surface area contributed by atoms with Gasteiger partial charge in [-0.3, -0.25) is 4.90 Å². The van der Waals surface area contributed by atoms with Crippen molar-refractivity contribution in [1.82, 2.24) is 10.2 Å². The van der Waals surface area contributed by atoms with Gasteiger partial charge in [-0.25, -0.2) is 0 Å². The van der Waals surface area contributed by atoms with Gasteiger partial charge in [0.25, 0.3) is 0 Å². The maximum absolute atomic E-state index is 5.50. The van der Waals surface area contributed by atoms with Crippen LogP contribution in [0.25, 0.3) is 0 Å². The van der Waals surface area contributed by atoms with Crippen LogP contribution in [0.1, 0.15) is 33.6 Å². The number of rotatable bonds is 10. The lowest BCUT2D eigenvalue weighted by Gasteiger charge is -2.38. The molecule has 1 heterocycles. The lowest BCUT2D eigenvalue weighted by molar-refractivity contribution is 0.0539. The Hall–Kier alpha value is -0.160. The van der Waals surface area contributed by atoms with Crippen molar-refractivity contribution in [3.63, 3.8) is 0 Å². The van der Waals surface area contributed by atoms with Crippen LogP contribution >= 0.6 is 0 Å². The van der Waals surface area contributed by atoms with E-state index >= 15 is 0 Å². The highest BCUT2D eigenvalue weighted by Gasteiger charge is 2.28. The second-order valence-corrected chi connectivity index (χ2v) is 5.73. The Bertz CT molecular complexity index is 208. The van der Waals surface area contributed by atoms with E-state index in [-0.39, 0.29) is 0 Å². The first-order valence-electron chi connectivity index (χ1n) is 7.79. The molecule has 0 aromatic heterocycles. The molecule has 0 radical (unpaired) electrons. The number of nitrogens with one attached hydrogen (secondary N) is 1. The summed E-state index contributed by atoms with van der Waals surface area (Å²) in [4.78, 5) is 2.51. The fraction of sp³-hybridized carbons (Fsp3) is 1.00. The average molecular weight is 272 g/mol. The number of hydrogen-bond donors (Lipinski definition) is 1. The fourth-order valence-corrected chi connectivity index (χ4v) is 2.67. The number of ether oxygens (including phenoxy) is 2. The van der Waals surface area contributed by atoms with E-state index < -0.39 is 0 Å². The minimum Gasteiger partial charge on any atom is -0.380 e. The van der Waals surface area contributed by atoms with E-state index in [1.54, 1.807) is 0 Å². The molecule has 0 atom stereocenters. The summed E-state index contributed by atoms with van der Waals surface area (Å²) in [6.07, 6.45) is 2.54. The Kier molecular flexibility index (Phi) is 8.62. The monoisotopic (exact) mass is 272 g/mol. The molecular formula is C15H32N2O2. The van der Waals surface area contributed by atoms with Gasteiger partial charge in [0.1, 0.15) is 0 Å². The van der Waals surface area contributed by atoms with Gasteiger partial charge in [-0.15, -0.1) is 0 Å². The molecule has 0 spiro atoms. The third kappa shape index (κ3) is 7.25. The Morgan fingerprint density at radius 1 is 1.00 bits per heavy atom. The fourth-order valence-electron chi connectivity index (χ4n) is 2.67. The Labute approximate surface area is 118 Å². The summed E-state index contributed by atoms with van der Waals surface area (Å²) in [7, 11) is 0. The predicted molar refractivity (Wildman–Crippen MR) is 79.6 cm³/mol. The zero-order chi connectivity index (χ0) is 14.0. The summed E-state index contributed by atoms with van der Waals surface area (Å²) in [5.41, 5.74) is 0.448. The molecular weight excluding hydrogens is 240 g/mol. The molecule has 114 valence electrons. The molecule has 0 aliphatic carbocycles. The van der Waals surface area contributed by atoms with Crippen molar-refractivity contribution in [3.05, 3.63) is 0 Å². The van der Waals surface area contributed by atoms with Crippen LogP contribution in [0.15, 0.2) is 0 Å². The molecule has 0 bridgehead atoms. The first-order chi connectivity index (χ1) is 9.20. The van der Waals surface area contributed by atoms with E-state index in [1.165, 1.54) is 12.8 Å². The molecule has 0 aromatic rings. The van der Waals surface area contributed by atoms with Crippen LogP contribution in [0.4, 0.5) is 0 Å². The number of piperidine rings is 1. The summed E-state index contributed by atoms with van der Waals surface area (Å²) >= 11 is 0. The average Bonchev–Trinajstić information content (AvgIpc) is 2.39. The zero-order valence-electron chi connectivity index (χ0n) is 13.0. The molecule has 1 aliphatic heterocycles. The molecule has 0 aromatic carbocycles. The van der Waals surface area contributed by atoms with Crippen molar-refractivity contribution in [2.75, 3.05) is 59.2 Å². The minimum absolute atomic E-state index is 0.448. The Morgan fingerprint density at radius 2 is 1.53 bits per heavy atom. The zero-order valence-corrected chi connectivity index (χ0v) is 13.0. The van der Waals surface area contributed by atoms with E-state index in [9.17, 15) is 0 Å².